The maximum Gasteiger partial charge on any atom is 0.407 e. The van der Waals surface area contributed by atoms with Crippen LogP contribution in [-0.4, -0.2) is 36.3 Å². The van der Waals surface area contributed by atoms with Crippen LogP contribution in [0.15, 0.2) is 60.8 Å². The highest BCUT2D eigenvalue weighted by atomic mass is 16.6. The SMILES string of the molecule is COc1ncc([N+](=O)[O-])cc1C#CCCNC(=O)OCC1c2ccccc2-c2ccccc21. The second kappa shape index (κ2) is 9.83. The molecule has 1 aliphatic carbocycles. The van der Waals surface area contributed by atoms with Crippen LogP contribution in [-0.2, 0) is 4.74 Å². The number of fused-ring (bicyclic) bond motifs is 3. The minimum Gasteiger partial charge on any atom is -0.480 e. The summed E-state index contributed by atoms with van der Waals surface area (Å²) in [4.78, 5) is 26.4. The minimum absolute atomic E-state index is 0.00298. The zero-order valence-electron chi connectivity index (χ0n) is 17.9. The highest BCUT2D eigenvalue weighted by Gasteiger charge is 2.28. The van der Waals surface area contributed by atoms with Crippen LogP contribution in [0.4, 0.5) is 10.5 Å². The van der Waals surface area contributed by atoms with Gasteiger partial charge in [0, 0.05) is 24.9 Å². The Morgan fingerprint density at radius 1 is 1.15 bits per heavy atom. The summed E-state index contributed by atoms with van der Waals surface area (Å²) in [6.07, 6.45) is 0.923. The normalized spacial score (nSPS) is 11.5. The Kier molecular flexibility index (Phi) is 6.51. The lowest BCUT2D eigenvalue weighted by Crippen LogP contribution is -2.26. The van der Waals surface area contributed by atoms with Crippen LogP contribution in [0, 0.1) is 22.0 Å². The number of amides is 1. The van der Waals surface area contributed by atoms with Gasteiger partial charge in [-0.2, -0.15) is 0 Å². The van der Waals surface area contributed by atoms with Gasteiger partial charge in [-0.1, -0.05) is 60.4 Å². The first-order valence-electron chi connectivity index (χ1n) is 10.3. The summed E-state index contributed by atoms with van der Waals surface area (Å²) in [5.41, 5.74) is 4.78. The number of alkyl carbamates (subject to hydrolysis) is 1. The van der Waals surface area contributed by atoms with Gasteiger partial charge in [-0.15, -0.1) is 0 Å². The molecule has 0 bridgehead atoms. The first-order chi connectivity index (χ1) is 16.1. The molecule has 8 nitrogen and oxygen atoms in total. The fraction of sp³-hybridized carbons (Fsp3) is 0.200. The lowest BCUT2D eigenvalue weighted by Gasteiger charge is -2.14. The van der Waals surface area contributed by atoms with Gasteiger partial charge in [-0.3, -0.25) is 10.1 Å². The molecule has 33 heavy (non-hydrogen) atoms. The monoisotopic (exact) mass is 443 g/mol. The molecule has 0 saturated heterocycles. The topological polar surface area (TPSA) is 104 Å². The number of nitrogens with zero attached hydrogens (tertiary/aromatic N) is 2. The minimum atomic E-state index is -0.545. The predicted octanol–water partition coefficient (Wildman–Crippen LogP) is 4.28. The Morgan fingerprint density at radius 3 is 2.45 bits per heavy atom. The Balaban J connectivity index is 1.31. The predicted molar refractivity (Wildman–Crippen MR) is 122 cm³/mol. The van der Waals surface area contributed by atoms with Crippen molar-refractivity contribution in [2.75, 3.05) is 20.3 Å². The molecule has 3 aromatic rings. The summed E-state index contributed by atoms with van der Waals surface area (Å²) < 4.78 is 10.6. The third-order valence-corrected chi connectivity index (χ3v) is 5.33. The number of methoxy groups -OCH3 is 1. The van der Waals surface area contributed by atoms with Crippen molar-refractivity contribution in [2.24, 2.45) is 0 Å². The molecule has 2 aromatic carbocycles. The number of aromatic nitrogens is 1. The molecule has 0 unspecified atom stereocenters. The number of hydrogen-bond donors (Lipinski definition) is 1. The summed E-state index contributed by atoms with van der Waals surface area (Å²) in [7, 11) is 1.41. The molecule has 0 saturated carbocycles. The molecule has 8 heteroatoms. The van der Waals surface area contributed by atoms with E-state index in [1.54, 1.807) is 0 Å². The van der Waals surface area contributed by atoms with E-state index in [1.165, 1.54) is 24.3 Å². The van der Waals surface area contributed by atoms with Crippen molar-refractivity contribution in [3.63, 3.8) is 0 Å². The lowest BCUT2D eigenvalue weighted by molar-refractivity contribution is -0.385. The van der Waals surface area contributed by atoms with Gasteiger partial charge in [-0.25, -0.2) is 9.78 Å². The Hall–Kier alpha value is -4.38. The van der Waals surface area contributed by atoms with Crippen LogP contribution in [0.3, 0.4) is 0 Å². The van der Waals surface area contributed by atoms with Gasteiger partial charge in [0.1, 0.15) is 12.8 Å². The Morgan fingerprint density at radius 2 is 1.82 bits per heavy atom. The quantitative estimate of drug-likeness (QED) is 0.264. The van der Waals surface area contributed by atoms with Crippen LogP contribution < -0.4 is 10.1 Å². The first-order valence-corrected chi connectivity index (χ1v) is 10.3. The van der Waals surface area contributed by atoms with Crippen molar-refractivity contribution in [3.05, 3.63) is 87.6 Å². The number of nitrogens with one attached hydrogen (secondary N) is 1. The number of benzene rings is 2. The average molecular weight is 443 g/mol. The van der Waals surface area contributed by atoms with E-state index in [0.29, 0.717) is 12.0 Å². The van der Waals surface area contributed by atoms with Gasteiger partial charge in [0.2, 0.25) is 5.88 Å². The molecule has 0 aliphatic heterocycles. The van der Waals surface area contributed by atoms with Crippen LogP contribution in [0.25, 0.3) is 11.1 Å². The summed E-state index contributed by atoms with van der Waals surface area (Å²) in [5.74, 6) is 5.86. The zero-order valence-corrected chi connectivity index (χ0v) is 17.9. The molecule has 1 aromatic heterocycles. The fourth-order valence-electron chi connectivity index (χ4n) is 3.83. The van der Waals surface area contributed by atoms with Crippen LogP contribution in [0.2, 0.25) is 0 Å². The van der Waals surface area contributed by atoms with E-state index in [9.17, 15) is 14.9 Å². The average Bonchev–Trinajstić information content (AvgIpc) is 3.16. The number of hydrogen-bond acceptors (Lipinski definition) is 6. The number of rotatable bonds is 6. The van der Waals surface area contributed by atoms with Crippen molar-refractivity contribution >= 4 is 11.8 Å². The van der Waals surface area contributed by atoms with E-state index in [0.717, 1.165) is 17.3 Å². The smallest absolute Gasteiger partial charge is 0.407 e. The van der Waals surface area contributed by atoms with Gasteiger partial charge in [-0.05, 0) is 22.3 Å². The fourth-order valence-corrected chi connectivity index (χ4v) is 3.83. The zero-order chi connectivity index (χ0) is 23.2. The number of carbonyl (C=O) groups is 1. The van der Waals surface area contributed by atoms with E-state index >= 15 is 0 Å². The molecular weight excluding hydrogens is 422 g/mol. The van der Waals surface area contributed by atoms with Gasteiger partial charge in [0.15, 0.2) is 0 Å². The summed E-state index contributed by atoms with van der Waals surface area (Å²) >= 11 is 0. The standard InChI is InChI=1S/C25H21N3O5/c1-32-24-17(14-18(15-27-24)28(30)31)8-6-7-13-26-25(29)33-16-23-21-11-4-2-9-19(21)20-10-3-5-12-22(20)23/h2-5,9-12,14-15,23H,7,13,16H2,1H3,(H,26,29). The molecule has 0 spiro atoms. The van der Waals surface area contributed by atoms with Crippen molar-refractivity contribution < 1.29 is 19.2 Å². The van der Waals surface area contributed by atoms with E-state index in [-0.39, 0.29) is 30.6 Å². The van der Waals surface area contributed by atoms with Crippen molar-refractivity contribution in [2.45, 2.75) is 12.3 Å². The van der Waals surface area contributed by atoms with E-state index in [1.807, 2.05) is 24.3 Å². The molecule has 0 atom stereocenters. The second-order valence-corrected chi connectivity index (χ2v) is 7.31. The number of nitro groups is 1. The first kappa shape index (κ1) is 21.8. The highest BCUT2D eigenvalue weighted by Crippen LogP contribution is 2.44. The summed E-state index contributed by atoms with van der Waals surface area (Å²) in [6, 6.07) is 17.6. The molecule has 0 radical (unpaired) electrons. The van der Waals surface area contributed by atoms with Gasteiger partial charge >= 0.3 is 6.09 Å². The number of pyridine rings is 1. The van der Waals surface area contributed by atoms with Gasteiger partial charge in [0.05, 0.1) is 17.6 Å². The Bertz CT molecular complexity index is 1220. The molecule has 1 aliphatic rings. The Labute approximate surface area is 190 Å². The van der Waals surface area contributed by atoms with Crippen LogP contribution in [0.5, 0.6) is 5.88 Å². The molecule has 4 rings (SSSR count). The molecule has 166 valence electrons. The van der Waals surface area contributed by atoms with E-state index in [2.05, 4.69) is 46.4 Å². The second-order valence-electron chi connectivity index (χ2n) is 7.31. The maximum absolute atomic E-state index is 12.2. The summed E-state index contributed by atoms with van der Waals surface area (Å²) in [6.45, 7) is 0.510. The molecule has 1 N–H and O–H groups in total. The largest absolute Gasteiger partial charge is 0.480 e. The van der Waals surface area contributed by atoms with Crippen molar-refractivity contribution in [1.29, 1.82) is 0 Å². The van der Waals surface area contributed by atoms with Gasteiger partial charge in [0.25, 0.3) is 5.69 Å². The van der Waals surface area contributed by atoms with E-state index in [4.69, 9.17) is 9.47 Å². The van der Waals surface area contributed by atoms with Crippen molar-refractivity contribution in [1.82, 2.24) is 10.3 Å². The number of ether oxygens (including phenoxy) is 2. The molecular formula is C25H21N3O5. The van der Waals surface area contributed by atoms with Crippen LogP contribution in [0.1, 0.15) is 29.0 Å². The third-order valence-electron chi connectivity index (χ3n) is 5.33. The molecule has 1 amide bonds. The third kappa shape index (κ3) is 4.77. The van der Waals surface area contributed by atoms with Gasteiger partial charge < -0.3 is 14.8 Å². The molecule has 0 fully saturated rings. The number of carbonyl (C=O) groups excluding carboxylic acids is 1. The molecule has 1 heterocycles. The van der Waals surface area contributed by atoms with Crippen molar-refractivity contribution in [3.8, 4) is 28.8 Å². The lowest BCUT2D eigenvalue weighted by atomic mass is 9.98. The van der Waals surface area contributed by atoms with Crippen LogP contribution >= 0.6 is 0 Å². The maximum atomic E-state index is 12.2. The van der Waals surface area contributed by atoms with E-state index < -0.39 is 11.0 Å². The summed E-state index contributed by atoms with van der Waals surface area (Å²) in [5, 5.41) is 13.6. The highest BCUT2D eigenvalue weighted by molar-refractivity contribution is 5.79.